The standard InChI is InChI=1S/C15H13NO5/c1-21-10-7-5-9(6-8-10)16-13-11(14(17)18)3-2-4-12(13)15(19)20/h2-8,16H,1H3,(H,17,18)(H,19,20). The number of aromatic carboxylic acids is 2. The van der Waals surface area contributed by atoms with Crippen LogP contribution in [0.4, 0.5) is 11.4 Å². The van der Waals surface area contributed by atoms with Crippen molar-refractivity contribution >= 4 is 23.3 Å². The summed E-state index contributed by atoms with van der Waals surface area (Å²) in [5, 5.41) is 21.2. The van der Waals surface area contributed by atoms with E-state index in [1.54, 1.807) is 24.3 Å². The molecule has 0 spiro atoms. The Morgan fingerprint density at radius 3 is 1.90 bits per heavy atom. The Kier molecular flexibility index (Phi) is 4.08. The van der Waals surface area contributed by atoms with Crippen molar-refractivity contribution in [3.63, 3.8) is 0 Å². The number of nitrogens with one attached hydrogen (secondary N) is 1. The fourth-order valence-corrected chi connectivity index (χ4v) is 1.86. The second-order valence-electron chi connectivity index (χ2n) is 4.19. The van der Waals surface area contributed by atoms with Crippen LogP contribution in [0, 0.1) is 0 Å². The van der Waals surface area contributed by atoms with Gasteiger partial charge in [0.05, 0.1) is 23.9 Å². The van der Waals surface area contributed by atoms with Gasteiger partial charge in [-0.3, -0.25) is 0 Å². The van der Waals surface area contributed by atoms with Gasteiger partial charge in [-0.25, -0.2) is 9.59 Å². The molecule has 6 heteroatoms. The summed E-state index contributed by atoms with van der Waals surface area (Å²) in [4.78, 5) is 22.5. The summed E-state index contributed by atoms with van der Waals surface area (Å²) in [6.07, 6.45) is 0. The van der Waals surface area contributed by atoms with Crippen molar-refractivity contribution < 1.29 is 24.5 Å². The fraction of sp³-hybridized carbons (Fsp3) is 0.0667. The lowest BCUT2D eigenvalue weighted by molar-refractivity contribution is 0.0696. The van der Waals surface area contributed by atoms with Crippen molar-refractivity contribution in [2.45, 2.75) is 0 Å². The second-order valence-corrected chi connectivity index (χ2v) is 4.19. The molecule has 0 aliphatic heterocycles. The minimum absolute atomic E-state index is 0.0441. The lowest BCUT2D eigenvalue weighted by Gasteiger charge is -2.13. The molecule has 0 aliphatic rings. The average Bonchev–Trinajstić information content (AvgIpc) is 2.47. The molecule has 2 aromatic rings. The van der Waals surface area contributed by atoms with Gasteiger partial charge in [-0.15, -0.1) is 0 Å². The van der Waals surface area contributed by atoms with Gasteiger partial charge in [-0.1, -0.05) is 6.07 Å². The van der Waals surface area contributed by atoms with Gasteiger partial charge in [0.1, 0.15) is 5.75 Å². The number of carboxylic acids is 2. The molecule has 0 heterocycles. The van der Waals surface area contributed by atoms with Crippen molar-refractivity contribution in [1.29, 1.82) is 0 Å². The highest BCUT2D eigenvalue weighted by Crippen LogP contribution is 2.26. The average molecular weight is 287 g/mol. The van der Waals surface area contributed by atoms with Gasteiger partial charge in [-0.05, 0) is 36.4 Å². The zero-order valence-corrected chi connectivity index (χ0v) is 11.2. The third-order valence-electron chi connectivity index (χ3n) is 2.88. The Morgan fingerprint density at radius 2 is 1.48 bits per heavy atom. The van der Waals surface area contributed by atoms with Gasteiger partial charge in [0.25, 0.3) is 0 Å². The van der Waals surface area contributed by atoms with Crippen molar-refractivity contribution in [3.05, 3.63) is 53.6 Å². The van der Waals surface area contributed by atoms with Gasteiger partial charge in [0, 0.05) is 5.69 Å². The van der Waals surface area contributed by atoms with Crippen LogP contribution in [0.25, 0.3) is 0 Å². The Labute approximate surface area is 120 Å². The molecule has 108 valence electrons. The van der Waals surface area contributed by atoms with Gasteiger partial charge >= 0.3 is 11.9 Å². The number of para-hydroxylation sites is 1. The number of hydrogen-bond donors (Lipinski definition) is 3. The number of ether oxygens (including phenoxy) is 1. The molecule has 2 aromatic carbocycles. The predicted molar refractivity (Wildman–Crippen MR) is 76.6 cm³/mol. The molecule has 0 amide bonds. The van der Waals surface area contributed by atoms with Crippen LogP contribution in [0.5, 0.6) is 5.75 Å². The largest absolute Gasteiger partial charge is 0.497 e. The molecule has 0 saturated carbocycles. The van der Waals surface area contributed by atoms with E-state index in [0.29, 0.717) is 11.4 Å². The summed E-state index contributed by atoms with van der Waals surface area (Å²) in [5.41, 5.74) is 0.395. The summed E-state index contributed by atoms with van der Waals surface area (Å²) in [6.45, 7) is 0. The third-order valence-corrected chi connectivity index (χ3v) is 2.88. The fourth-order valence-electron chi connectivity index (χ4n) is 1.86. The van der Waals surface area contributed by atoms with E-state index >= 15 is 0 Å². The van der Waals surface area contributed by atoms with Crippen LogP contribution in [0.3, 0.4) is 0 Å². The molecular weight excluding hydrogens is 274 g/mol. The molecule has 0 fully saturated rings. The number of carboxylic acid groups (broad SMARTS) is 2. The predicted octanol–water partition coefficient (Wildman–Crippen LogP) is 2.84. The van der Waals surface area contributed by atoms with Crippen molar-refractivity contribution in [2.24, 2.45) is 0 Å². The molecule has 0 bridgehead atoms. The second kappa shape index (κ2) is 5.96. The highest BCUT2D eigenvalue weighted by molar-refractivity contribution is 6.04. The summed E-state index contributed by atoms with van der Waals surface area (Å²) in [6, 6.07) is 10.8. The lowest BCUT2D eigenvalue weighted by atomic mass is 10.1. The third kappa shape index (κ3) is 3.11. The first-order valence-corrected chi connectivity index (χ1v) is 6.03. The summed E-state index contributed by atoms with van der Waals surface area (Å²) < 4.78 is 5.03. The topological polar surface area (TPSA) is 95.9 Å². The molecule has 0 aliphatic carbocycles. The van der Waals surface area contributed by atoms with Crippen LogP contribution in [0.1, 0.15) is 20.7 Å². The Hall–Kier alpha value is -3.02. The molecule has 0 atom stereocenters. The Bertz CT molecular complexity index is 647. The summed E-state index contributed by atoms with van der Waals surface area (Å²) in [5.74, 6) is -1.76. The van der Waals surface area contributed by atoms with Crippen LogP contribution in [0.2, 0.25) is 0 Å². The van der Waals surface area contributed by atoms with E-state index in [9.17, 15) is 19.8 Å². The highest BCUT2D eigenvalue weighted by Gasteiger charge is 2.18. The highest BCUT2D eigenvalue weighted by atomic mass is 16.5. The summed E-state index contributed by atoms with van der Waals surface area (Å²) >= 11 is 0. The maximum Gasteiger partial charge on any atom is 0.337 e. The van der Waals surface area contributed by atoms with E-state index < -0.39 is 11.9 Å². The van der Waals surface area contributed by atoms with E-state index in [-0.39, 0.29) is 16.8 Å². The van der Waals surface area contributed by atoms with E-state index in [0.717, 1.165) is 0 Å². The van der Waals surface area contributed by atoms with Gasteiger partial charge in [0.15, 0.2) is 0 Å². The molecule has 0 aromatic heterocycles. The molecule has 3 N–H and O–H groups in total. The van der Waals surface area contributed by atoms with E-state index in [4.69, 9.17) is 4.74 Å². The zero-order chi connectivity index (χ0) is 15.4. The van der Waals surface area contributed by atoms with Crippen LogP contribution in [-0.4, -0.2) is 29.3 Å². The first kappa shape index (κ1) is 14.4. The van der Waals surface area contributed by atoms with Crippen LogP contribution < -0.4 is 10.1 Å². The molecule has 0 unspecified atom stereocenters. The Balaban J connectivity index is 2.45. The molecule has 2 rings (SSSR count). The minimum Gasteiger partial charge on any atom is -0.497 e. The number of methoxy groups -OCH3 is 1. The van der Waals surface area contributed by atoms with E-state index in [1.165, 1.54) is 25.3 Å². The molecular formula is C15H13NO5. The Morgan fingerprint density at radius 1 is 0.952 bits per heavy atom. The van der Waals surface area contributed by atoms with Crippen molar-refractivity contribution in [2.75, 3.05) is 12.4 Å². The monoisotopic (exact) mass is 287 g/mol. The van der Waals surface area contributed by atoms with Crippen LogP contribution >= 0.6 is 0 Å². The first-order valence-electron chi connectivity index (χ1n) is 6.03. The van der Waals surface area contributed by atoms with Crippen LogP contribution in [-0.2, 0) is 0 Å². The van der Waals surface area contributed by atoms with Crippen molar-refractivity contribution in [3.8, 4) is 5.75 Å². The van der Waals surface area contributed by atoms with Gasteiger partial charge in [0.2, 0.25) is 0 Å². The lowest BCUT2D eigenvalue weighted by Crippen LogP contribution is -2.09. The smallest absolute Gasteiger partial charge is 0.337 e. The minimum atomic E-state index is -1.20. The maximum atomic E-state index is 11.2. The first-order chi connectivity index (χ1) is 10.0. The van der Waals surface area contributed by atoms with E-state index in [1.807, 2.05) is 0 Å². The quantitative estimate of drug-likeness (QED) is 0.782. The zero-order valence-electron chi connectivity index (χ0n) is 11.2. The maximum absolute atomic E-state index is 11.2. The molecule has 6 nitrogen and oxygen atoms in total. The van der Waals surface area contributed by atoms with Crippen molar-refractivity contribution in [1.82, 2.24) is 0 Å². The molecule has 0 radical (unpaired) electrons. The molecule has 0 saturated heterocycles. The normalized spacial score (nSPS) is 9.95. The van der Waals surface area contributed by atoms with Crippen LogP contribution in [0.15, 0.2) is 42.5 Å². The van der Waals surface area contributed by atoms with Gasteiger partial charge < -0.3 is 20.3 Å². The van der Waals surface area contributed by atoms with Gasteiger partial charge in [-0.2, -0.15) is 0 Å². The number of rotatable bonds is 5. The number of benzene rings is 2. The number of carbonyl (C=O) groups is 2. The number of anilines is 2. The SMILES string of the molecule is COc1ccc(Nc2c(C(=O)O)cccc2C(=O)O)cc1. The molecule has 21 heavy (non-hydrogen) atoms. The number of hydrogen-bond acceptors (Lipinski definition) is 4. The summed E-state index contributed by atoms with van der Waals surface area (Å²) in [7, 11) is 1.53. The van der Waals surface area contributed by atoms with E-state index in [2.05, 4.69) is 5.32 Å².